The highest BCUT2D eigenvalue weighted by atomic mass is 16.5. The highest BCUT2D eigenvalue weighted by Gasteiger charge is 2.18. The maximum Gasteiger partial charge on any atom is 0.341 e. The lowest BCUT2D eigenvalue weighted by Gasteiger charge is -2.23. The predicted octanol–water partition coefficient (Wildman–Crippen LogP) is 3.58. The molecule has 1 aromatic carbocycles. The van der Waals surface area contributed by atoms with E-state index in [4.69, 9.17) is 20.0 Å². The molecule has 3 N–H and O–H groups in total. The van der Waals surface area contributed by atoms with Gasteiger partial charge >= 0.3 is 5.97 Å². The minimum Gasteiger partial charge on any atom is -0.506 e. The average Bonchev–Trinajstić information content (AvgIpc) is 2.62. The number of carbonyl (C=O) groups excluding carboxylic acids is 1. The third-order valence-electron chi connectivity index (χ3n) is 3.90. The number of aliphatic hydroxyl groups is 1. The molecule has 7 nitrogen and oxygen atoms in total. The standard InChI is InChI=1S/C17H21NO4.C2H4O2/c1-11(18)15(17(20)21)16(19)12-7-9-14(10-8-12)22-13-5-3-2-4-6-13;1-4-2-3/h7-10,13,18-19H,2-6H2,1H3,(H,20,21);2H,1H3/b16-15+,18-11?;. The van der Waals surface area contributed by atoms with Gasteiger partial charge in [-0.1, -0.05) is 6.42 Å². The smallest absolute Gasteiger partial charge is 0.341 e. The monoisotopic (exact) mass is 363 g/mol. The van der Waals surface area contributed by atoms with Gasteiger partial charge in [0.1, 0.15) is 17.1 Å². The Kier molecular flexibility index (Phi) is 8.91. The molecule has 1 saturated carbocycles. The largest absolute Gasteiger partial charge is 0.506 e. The molecule has 0 aromatic heterocycles. The van der Waals surface area contributed by atoms with Crippen LogP contribution in [0.15, 0.2) is 29.8 Å². The Morgan fingerprint density at radius 1 is 1.15 bits per heavy atom. The van der Waals surface area contributed by atoms with Gasteiger partial charge in [0.2, 0.25) is 0 Å². The van der Waals surface area contributed by atoms with Crippen molar-refractivity contribution in [2.45, 2.75) is 45.1 Å². The Balaban J connectivity index is 0.000000765. The van der Waals surface area contributed by atoms with Crippen molar-refractivity contribution in [1.29, 1.82) is 5.41 Å². The summed E-state index contributed by atoms with van der Waals surface area (Å²) in [6.07, 6.45) is 5.99. The lowest BCUT2D eigenvalue weighted by atomic mass is 9.98. The summed E-state index contributed by atoms with van der Waals surface area (Å²) < 4.78 is 9.75. The molecule has 142 valence electrons. The van der Waals surface area contributed by atoms with Crippen LogP contribution in [0.2, 0.25) is 0 Å². The van der Waals surface area contributed by atoms with Crippen LogP contribution in [0, 0.1) is 5.41 Å². The van der Waals surface area contributed by atoms with Crippen molar-refractivity contribution in [3.8, 4) is 5.75 Å². The van der Waals surface area contributed by atoms with Gasteiger partial charge in [-0.25, -0.2) is 4.79 Å². The number of nitrogens with one attached hydrogen (secondary N) is 1. The Morgan fingerprint density at radius 2 is 1.69 bits per heavy atom. The third-order valence-corrected chi connectivity index (χ3v) is 3.90. The van der Waals surface area contributed by atoms with E-state index < -0.39 is 11.7 Å². The molecule has 1 aliphatic carbocycles. The van der Waals surface area contributed by atoms with Crippen LogP contribution in [0.25, 0.3) is 5.76 Å². The summed E-state index contributed by atoms with van der Waals surface area (Å²) in [4.78, 5) is 20.1. The number of aliphatic carboxylic acids is 1. The van der Waals surface area contributed by atoms with E-state index >= 15 is 0 Å². The van der Waals surface area contributed by atoms with Gasteiger partial charge in [-0.05, 0) is 56.9 Å². The van der Waals surface area contributed by atoms with Gasteiger partial charge < -0.3 is 25.1 Å². The van der Waals surface area contributed by atoms with Crippen LogP contribution >= 0.6 is 0 Å². The highest BCUT2D eigenvalue weighted by Crippen LogP contribution is 2.25. The molecular weight excluding hydrogens is 338 g/mol. The molecule has 0 atom stereocenters. The van der Waals surface area contributed by atoms with E-state index in [1.807, 2.05) is 0 Å². The van der Waals surface area contributed by atoms with Crippen molar-refractivity contribution < 1.29 is 29.3 Å². The molecule has 2 rings (SSSR count). The van der Waals surface area contributed by atoms with Gasteiger partial charge in [0.15, 0.2) is 0 Å². The number of carboxylic acids is 1. The van der Waals surface area contributed by atoms with Crippen molar-refractivity contribution in [3.05, 3.63) is 35.4 Å². The molecule has 0 heterocycles. The first-order valence-electron chi connectivity index (χ1n) is 8.36. The maximum atomic E-state index is 11.1. The van der Waals surface area contributed by atoms with Crippen LogP contribution in [0.5, 0.6) is 5.75 Å². The zero-order chi connectivity index (χ0) is 19.5. The first-order chi connectivity index (χ1) is 12.4. The summed E-state index contributed by atoms with van der Waals surface area (Å²) in [5, 5.41) is 26.6. The molecule has 0 unspecified atom stereocenters. The molecule has 0 spiro atoms. The van der Waals surface area contributed by atoms with Crippen molar-refractivity contribution in [2.75, 3.05) is 7.11 Å². The molecule has 0 bridgehead atoms. The summed E-state index contributed by atoms with van der Waals surface area (Å²) in [6, 6.07) is 6.66. The summed E-state index contributed by atoms with van der Waals surface area (Å²) in [6.45, 7) is 1.71. The van der Waals surface area contributed by atoms with Gasteiger partial charge in [-0.15, -0.1) is 0 Å². The highest BCUT2D eigenvalue weighted by molar-refractivity contribution is 6.21. The van der Waals surface area contributed by atoms with Gasteiger partial charge in [0.25, 0.3) is 6.47 Å². The zero-order valence-electron chi connectivity index (χ0n) is 15.0. The Hall–Kier alpha value is -2.83. The van der Waals surface area contributed by atoms with Crippen LogP contribution in [0.4, 0.5) is 0 Å². The van der Waals surface area contributed by atoms with Crippen molar-refractivity contribution in [3.63, 3.8) is 0 Å². The number of hydrogen-bond donors (Lipinski definition) is 3. The molecule has 1 aromatic rings. The number of hydrogen-bond acceptors (Lipinski definition) is 6. The van der Waals surface area contributed by atoms with E-state index in [1.165, 1.54) is 33.3 Å². The molecule has 0 aliphatic heterocycles. The van der Waals surface area contributed by atoms with E-state index in [-0.39, 0.29) is 17.4 Å². The topological polar surface area (TPSA) is 117 Å². The average molecular weight is 363 g/mol. The second kappa shape index (κ2) is 10.9. The number of methoxy groups -OCH3 is 1. The first-order valence-corrected chi connectivity index (χ1v) is 8.36. The molecule has 26 heavy (non-hydrogen) atoms. The molecular formula is C19H25NO6. The van der Waals surface area contributed by atoms with Crippen molar-refractivity contribution in [2.24, 2.45) is 0 Å². The van der Waals surface area contributed by atoms with Gasteiger partial charge in [-0.3, -0.25) is 4.79 Å². The van der Waals surface area contributed by atoms with E-state index in [0.29, 0.717) is 17.8 Å². The zero-order valence-corrected chi connectivity index (χ0v) is 15.0. The summed E-state index contributed by atoms with van der Waals surface area (Å²) in [7, 11) is 1.31. The van der Waals surface area contributed by atoms with Crippen LogP contribution in [0.1, 0.15) is 44.6 Å². The molecule has 0 saturated heterocycles. The number of benzene rings is 1. The maximum absolute atomic E-state index is 11.1. The number of carboxylic acid groups (broad SMARTS) is 1. The molecule has 0 amide bonds. The van der Waals surface area contributed by atoms with Crippen LogP contribution < -0.4 is 4.74 Å². The van der Waals surface area contributed by atoms with Crippen molar-refractivity contribution in [1.82, 2.24) is 0 Å². The van der Waals surface area contributed by atoms with Gasteiger partial charge in [-0.2, -0.15) is 0 Å². The minimum atomic E-state index is -1.31. The molecule has 1 aliphatic rings. The summed E-state index contributed by atoms with van der Waals surface area (Å²) >= 11 is 0. The minimum absolute atomic E-state index is 0.187. The molecule has 1 fully saturated rings. The number of ether oxygens (including phenoxy) is 2. The summed E-state index contributed by atoms with van der Waals surface area (Å²) in [5.41, 5.74) is -0.214. The predicted molar refractivity (Wildman–Crippen MR) is 97.6 cm³/mol. The number of aliphatic hydroxyl groups excluding tert-OH is 1. The second-order valence-electron chi connectivity index (χ2n) is 5.89. The van der Waals surface area contributed by atoms with Crippen LogP contribution in [-0.4, -0.2) is 41.6 Å². The third kappa shape index (κ3) is 6.58. The first kappa shape index (κ1) is 21.2. The Labute approximate surface area is 152 Å². The van der Waals surface area contributed by atoms with E-state index in [0.717, 1.165) is 12.8 Å². The second-order valence-corrected chi connectivity index (χ2v) is 5.89. The van der Waals surface area contributed by atoms with Crippen LogP contribution in [-0.2, 0) is 14.3 Å². The van der Waals surface area contributed by atoms with Crippen molar-refractivity contribution >= 4 is 23.9 Å². The molecule has 0 radical (unpaired) electrons. The number of carbonyl (C=O) groups is 2. The Morgan fingerprint density at radius 3 is 2.12 bits per heavy atom. The van der Waals surface area contributed by atoms with E-state index in [9.17, 15) is 9.90 Å². The van der Waals surface area contributed by atoms with E-state index in [2.05, 4.69) is 4.74 Å². The lowest BCUT2D eigenvalue weighted by molar-refractivity contribution is -0.132. The molecule has 7 heteroatoms. The van der Waals surface area contributed by atoms with Gasteiger partial charge in [0, 0.05) is 11.3 Å². The SMILES string of the molecule is CC(=N)/C(C(=O)O)=C(\O)c1ccc(OC2CCCCC2)cc1.COC=O. The van der Waals surface area contributed by atoms with E-state index in [1.54, 1.807) is 24.3 Å². The normalized spacial score (nSPS) is 15.0. The number of rotatable bonds is 6. The van der Waals surface area contributed by atoms with Gasteiger partial charge in [0.05, 0.1) is 13.2 Å². The lowest BCUT2D eigenvalue weighted by Crippen LogP contribution is -2.19. The van der Waals surface area contributed by atoms with Crippen LogP contribution in [0.3, 0.4) is 0 Å². The fourth-order valence-corrected chi connectivity index (χ4v) is 2.65. The fourth-order valence-electron chi connectivity index (χ4n) is 2.65. The quantitative estimate of drug-likeness (QED) is 0.308. The fraction of sp³-hybridized carbons (Fsp3) is 0.421. The Bertz CT molecular complexity index is 628. The summed E-state index contributed by atoms with van der Waals surface area (Å²) in [5.74, 6) is -0.997.